The van der Waals surface area contributed by atoms with Crippen molar-refractivity contribution in [2.45, 2.75) is 5.54 Å². The molecule has 0 spiro atoms. The third kappa shape index (κ3) is 2.08. The van der Waals surface area contributed by atoms with Crippen molar-refractivity contribution in [1.29, 1.82) is 0 Å². The van der Waals surface area contributed by atoms with Gasteiger partial charge in [-0.25, -0.2) is 0 Å². The molecule has 2 aromatic rings. The van der Waals surface area contributed by atoms with E-state index in [1.807, 2.05) is 0 Å². The predicted molar refractivity (Wildman–Crippen MR) is 75.9 cm³/mol. The lowest BCUT2D eigenvalue weighted by atomic mass is 9.84. The minimum atomic E-state index is -1.90. The van der Waals surface area contributed by atoms with Crippen LogP contribution in [0.15, 0.2) is 60.7 Å². The highest BCUT2D eigenvalue weighted by atomic mass is 32.1. The van der Waals surface area contributed by atoms with E-state index < -0.39 is 15.5 Å². The Labute approximate surface area is 115 Å². The van der Waals surface area contributed by atoms with Crippen molar-refractivity contribution in [2.24, 2.45) is 0 Å². The minimum Gasteiger partial charge on any atom is -0.496 e. The van der Waals surface area contributed by atoms with Crippen LogP contribution in [0.5, 0.6) is 0 Å². The highest BCUT2D eigenvalue weighted by molar-refractivity contribution is 7.80. The molecule has 0 saturated carbocycles. The number of nitro groups is 1. The van der Waals surface area contributed by atoms with Crippen molar-refractivity contribution in [3.63, 3.8) is 0 Å². The van der Waals surface area contributed by atoms with E-state index in [1.165, 1.54) is 0 Å². The Kier molecular flexibility index (Phi) is 3.57. The van der Waals surface area contributed by atoms with Gasteiger partial charge in [-0.1, -0.05) is 60.7 Å². The summed E-state index contributed by atoms with van der Waals surface area (Å²) < 4.78 is 0. The molecular weight excluding hydrogens is 262 g/mol. The predicted octanol–water partition coefficient (Wildman–Crippen LogP) is 3.09. The van der Waals surface area contributed by atoms with Crippen molar-refractivity contribution in [3.05, 3.63) is 81.9 Å². The molecule has 0 saturated heterocycles. The number of aliphatic hydroxyl groups is 1. The quantitative estimate of drug-likeness (QED) is 0.528. The summed E-state index contributed by atoms with van der Waals surface area (Å²) in [5.41, 5.74) is -1.24. The third-order valence-electron chi connectivity index (χ3n) is 2.97. The second kappa shape index (κ2) is 5.16. The van der Waals surface area contributed by atoms with Gasteiger partial charge in [-0.3, -0.25) is 10.1 Å². The molecule has 2 rings (SSSR count). The van der Waals surface area contributed by atoms with Crippen LogP contribution in [-0.2, 0) is 5.54 Å². The van der Waals surface area contributed by atoms with Gasteiger partial charge in [0.05, 0.1) is 0 Å². The summed E-state index contributed by atoms with van der Waals surface area (Å²) in [5, 5.41) is 20.8. The van der Waals surface area contributed by atoms with Crippen molar-refractivity contribution < 1.29 is 10.0 Å². The molecule has 96 valence electrons. The molecular formula is C14H11NO3S. The molecule has 19 heavy (non-hydrogen) atoms. The zero-order valence-corrected chi connectivity index (χ0v) is 10.7. The van der Waals surface area contributed by atoms with Crippen LogP contribution in [0.3, 0.4) is 0 Å². The van der Waals surface area contributed by atoms with E-state index in [2.05, 4.69) is 0 Å². The maximum absolute atomic E-state index is 11.6. The number of thiocarbonyl (C=S) groups is 1. The smallest absolute Gasteiger partial charge is 0.338 e. The fourth-order valence-corrected chi connectivity index (χ4v) is 2.37. The van der Waals surface area contributed by atoms with Gasteiger partial charge in [-0.15, -0.1) is 0 Å². The van der Waals surface area contributed by atoms with E-state index in [0.717, 1.165) is 0 Å². The van der Waals surface area contributed by atoms with Crippen LogP contribution in [0.2, 0.25) is 0 Å². The average Bonchev–Trinajstić information content (AvgIpc) is 2.41. The number of rotatable bonds is 4. The van der Waals surface area contributed by atoms with E-state index in [0.29, 0.717) is 11.1 Å². The number of hydrogen-bond donors (Lipinski definition) is 1. The number of hydrogen-bond acceptors (Lipinski definition) is 3. The summed E-state index contributed by atoms with van der Waals surface area (Å²) in [5.74, 6) is 0. The number of benzene rings is 2. The molecule has 0 amide bonds. The Hall–Kier alpha value is -2.27. The molecule has 5 heteroatoms. The second-order valence-corrected chi connectivity index (χ2v) is 4.39. The molecule has 0 aliphatic heterocycles. The fourth-order valence-electron chi connectivity index (χ4n) is 2.06. The Morgan fingerprint density at radius 1 is 1.00 bits per heavy atom. The van der Waals surface area contributed by atoms with Crippen molar-refractivity contribution in [2.75, 3.05) is 0 Å². The SMILES string of the molecule is O=[N+]([O-])C(C(O)=S)(c1ccccc1)c1ccccc1. The molecule has 0 bridgehead atoms. The summed E-state index contributed by atoms with van der Waals surface area (Å²) in [6.07, 6.45) is 0. The van der Waals surface area contributed by atoms with Gasteiger partial charge in [-0.05, 0) is 12.2 Å². The standard InChI is InChI=1S/C14H11NO3S/c16-13(19)14(15(17)18,11-7-3-1-4-8-11)12-9-5-2-6-10-12/h1-10H,(H,16,19). The van der Waals surface area contributed by atoms with Crippen LogP contribution in [0.1, 0.15) is 11.1 Å². The number of nitrogens with zero attached hydrogens (tertiary/aromatic N) is 1. The second-order valence-electron chi connectivity index (χ2n) is 4.00. The van der Waals surface area contributed by atoms with Crippen molar-refractivity contribution in [1.82, 2.24) is 0 Å². The van der Waals surface area contributed by atoms with Crippen LogP contribution < -0.4 is 0 Å². The van der Waals surface area contributed by atoms with Crippen LogP contribution >= 0.6 is 12.2 Å². The molecule has 0 aromatic heterocycles. The first-order valence-electron chi connectivity index (χ1n) is 5.59. The lowest BCUT2D eigenvalue weighted by molar-refractivity contribution is -0.544. The largest absolute Gasteiger partial charge is 0.496 e. The zero-order chi connectivity index (χ0) is 13.9. The van der Waals surface area contributed by atoms with Gasteiger partial charge in [0, 0.05) is 16.1 Å². The molecule has 4 nitrogen and oxygen atoms in total. The van der Waals surface area contributed by atoms with E-state index in [1.54, 1.807) is 60.7 Å². The van der Waals surface area contributed by atoms with Crippen LogP contribution in [-0.4, -0.2) is 15.1 Å². The molecule has 2 aromatic carbocycles. The lowest BCUT2D eigenvalue weighted by Crippen LogP contribution is -2.43. The Balaban J connectivity index is 2.77. The summed E-state index contributed by atoms with van der Waals surface area (Å²) in [7, 11) is 0. The van der Waals surface area contributed by atoms with Gasteiger partial charge < -0.3 is 5.11 Å². The van der Waals surface area contributed by atoms with Gasteiger partial charge in [0.25, 0.3) is 0 Å². The Morgan fingerprint density at radius 3 is 1.63 bits per heavy atom. The van der Waals surface area contributed by atoms with E-state index in [9.17, 15) is 15.2 Å². The molecule has 0 radical (unpaired) electrons. The summed E-state index contributed by atoms with van der Waals surface area (Å²) >= 11 is 4.78. The summed E-state index contributed by atoms with van der Waals surface area (Å²) in [6.45, 7) is 0. The van der Waals surface area contributed by atoms with Gasteiger partial charge in [-0.2, -0.15) is 0 Å². The highest BCUT2D eigenvalue weighted by Crippen LogP contribution is 2.34. The summed E-state index contributed by atoms with van der Waals surface area (Å²) in [6, 6.07) is 16.5. The fraction of sp³-hybridized carbons (Fsp3) is 0.0714. The normalized spacial score (nSPS) is 10.9. The van der Waals surface area contributed by atoms with Gasteiger partial charge >= 0.3 is 5.54 Å². The first-order chi connectivity index (χ1) is 9.10. The first-order valence-corrected chi connectivity index (χ1v) is 6.00. The maximum atomic E-state index is 11.6. The van der Waals surface area contributed by atoms with Gasteiger partial charge in [0.1, 0.15) is 0 Å². The maximum Gasteiger partial charge on any atom is 0.338 e. The van der Waals surface area contributed by atoms with Crippen molar-refractivity contribution >= 4 is 17.3 Å². The van der Waals surface area contributed by atoms with E-state index in [-0.39, 0.29) is 0 Å². The molecule has 0 aliphatic rings. The molecule has 0 unspecified atom stereocenters. The minimum absolute atomic E-state index is 0.332. The Morgan fingerprint density at radius 2 is 1.37 bits per heavy atom. The first kappa shape index (κ1) is 13.2. The third-order valence-corrected chi connectivity index (χ3v) is 3.26. The average molecular weight is 273 g/mol. The molecule has 1 N–H and O–H groups in total. The van der Waals surface area contributed by atoms with E-state index in [4.69, 9.17) is 12.2 Å². The van der Waals surface area contributed by atoms with Gasteiger partial charge in [0.15, 0.2) is 0 Å². The topological polar surface area (TPSA) is 63.4 Å². The van der Waals surface area contributed by atoms with Crippen LogP contribution in [0.25, 0.3) is 0 Å². The number of aliphatic hydroxyl groups excluding tert-OH is 1. The lowest BCUT2D eigenvalue weighted by Gasteiger charge is -2.23. The van der Waals surface area contributed by atoms with E-state index >= 15 is 0 Å². The monoisotopic (exact) mass is 273 g/mol. The Bertz CT molecular complexity index is 543. The summed E-state index contributed by atoms with van der Waals surface area (Å²) in [4.78, 5) is 11.1. The highest BCUT2D eigenvalue weighted by Gasteiger charge is 2.51. The van der Waals surface area contributed by atoms with Gasteiger partial charge in [0.2, 0.25) is 5.05 Å². The zero-order valence-electron chi connectivity index (χ0n) is 9.89. The van der Waals surface area contributed by atoms with Crippen LogP contribution in [0, 0.1) is 10.1 Å². The molecule has 0 aliphatic carbocycles. The molecule has 0 atom stereocenters. The van der Waals surface area contributed by atoms with Crippen molar-refractivity contribution in [3.8, 4) is 0 Å². The molecule has 0 fully saturated rings. The van der Waals surface area contributed by atoms with Crippen LogP contribution in [0.4, 0.5) is 0 Å². The molecule has 0 heterocycles.